The molecule has 7 nitrogen and oxygen atoms in total. The average molecular weight is 545 g/mol. The highest BCUT2D eigenvalue weighted by atomic mass is 16.5. The van der Waals surface area contributed by atoms with Crippen LogP contribution >= 0.6 is 0 Å². The van der Waals surface area contributed by atoms with E-state index in [1.165, 1.54) is 0 Å². The third kappa shape index (κ3) is 7.08. The van der Waals surface area contributed by atoms with Gasteiger partial charge in [-0.2, -0.15) is 0 Å². The number of esters is 1. The zero-order valence-electron chi connectivity index (χ0n) is 24.4. The van der Waals surface area contributed by atoms with E-state index < -0.39 is 11.5 Å². The third-order valence-corrected chi connectivity index (χ3v) is 6.85. The van der Waals surface area contributed by atoms with Crippen molar-refractivity contribution in [2.75, 3.05) is 13.2 Å². The summed E-state index contributed by atoms with van der Waals surface area (Å²) in [4.78, 5) is 24.6. The van der Waals surface area contributed by atoms with Crippen molar-refractivity contribution >= 4 is 12.1 Å². The first-order valence-corrected chi connectivity index (χ1v) is 13.9. The summed E-state index contributed by atoms with van der Waals surface area (Å²) in [6.07, 6.45) is 6.95. The summed E-state index contributed by atoms with van der Waals surface area (Å²) in [6, 6.07) is 16.1. The maximum absolute atomic E-state index is 12.4. The number of rotatable bonds is 10. The van der Waals surface area contributed by atoms with Gasteiger partial charge in [-0.15, -0.1) is 0 Å². The number of nitrogens with one attached hydrogen (secondary N) is 1. The van der Waals surface area contributed by atoms with Crippen molar-refractivity contribution in [3.05, 3.63) is 89.2 Å². The summed E-state index contributed by atoms with van der Waals surface area (Å²) in [5.74, 6) is 0.443. The molecule has 1 amide bonds. The van der Waals surface area contributed by atoms with E-state index in [0.29, 0.717) is 24.6 Å². The van der Waals surface area contributed by atoms with Crippen molar-refractivity contribution in [3.63, 3.8) is 0 Å². The molecule has 0 unspecified atom stereocenters. The first kappa shape index (κ1) is 30.4. The van der Waals surface area contributed by atoms with Crippen molar-refractivity contribution in [3.8, 4) is 22.5 Å². The highest BCUT2D eigenvalue weighted by Gasteiger charge is 2.52. The summed E-state index contributed by atoms with van der Waals surface area (Å²) in [5.41, 5.74) is 5.85. The zero-order valence-corrected chi connectivity index (χ0v) is 24.4. The van der Waals surface area contributed by atoms with E-state index in [1.54, 1.807) is 0 Å². The lowest BCUT2D eigenvalue weighted by Crippen LogP contribution is -2.26. The maximum Gasteiger partial charge on any atom is 0.407 e. The molecule has 0 spiro atoms. The average Bonchev–Trinajstić information content (AvgIpc) is 3.73. The van der Waals surface area contributed by atoms with Gasteiger partial charge in [-0.25, -0.2) is 4.79 Å². The SMILES string of the molecule is C/C=C\C(=C/C)CNC(=O)OCc1c(C)noc1-c1ccc(-c2ccc(C3(C(=O)OCC)CC3)cc2)cc1.CC. The minimum absolute atomic E-state index is 0.0523. The van der Waals surface area contributed by atoms with E-state index in [4.69, 9.17) is 14.0 Å². The molecule has 0 bridgehead atoms. The molecule has 2 aromatic carbocycles. The Morgan fingerprint density at radius 2 is 1.57 bits per heavy atom. The van der Waals surface area contributed by atoms with Crippen LogP contribution in [0.1, 0.15) is 64.3 Å². The Labute approximate surface area is 237 Å². The molecule has 0 atom stereocenters. The molecule has 1 heterocycles. The number of alkyl carbamates (subject to hydrolysis) is 1. The van der Waals surface area contributed by atoms with Crippen LogP contribution in [0.4, 0.5) is 4.79 Å². The maximum atomic E-state index is 12.4. The van der Waals surface area contributed by atoms with Crippen molar-refractivity contribution < 1.29 is 23.6 Å². The van der Waals surface area contributed by atoms with E-state index in [-0.39, 0.29) is 12.6 Å². The van der Waals surface area contributed by atoms with Gasteiger partial charge < -0.3 is 19.3 Å². The highest BCUT2D eigenvalue weighted by molar-refractivity contribution is 5.87. The Morgan fingerprint density at radius 1 is 0.975 bits per heavy atom. The minimum atomic E-state index is -0.505. The first-order chi connectivity index (χ1) is 19.4. The van der Waals surface area contributed by atoms with Gasteiger partial charge in [-0.3, -0.25) is 4.79 Å². The van der Waals surface area contributed by atoms with Crippen LogP contribution in [0, 0.1) is 6.92 Å². The molecule has 1 fully saturated rings. The quantitative estimate of drug-likeness (QED) is 0.208. The van der Waals surface area contributed by atoms with Gasteiger partial charge in [0.15, 0.2) is 5.76 Å². The molecule has 1 aliphatic carbocycles. The van der Waals surface area contributed by atoms with Crippen LogP contribution in [0.5, 0.6) is 0 Å². The number of hydrogen-bond acceptors (Lipinski definition) is 6. The molecule has 1 saturated carbocycles. The van der Waals surface area contributed by atoms with E-state index in [1.807, 2.05) is 108 Å². The number of carbonyl (C=O) groups excluding carboxylic acids is 2. The molecule has 4 rings (SSSR count). The number of hydrogen-bond donors (Lipinski definition) is 1. The molecule has 0 saturated heterocycles. The lowest BCUT2D eigenvalue weighted by Gasteiger charge is -2.14. The number of aryl methyl sites for hydroxylation is 1. The second-order valence-electron chi connectivity index (χ2n) is 9.33. The normalized spacial score (nSPS) is 13.8. The Hall–Kier alpha value is -4.13. The van der Waals surface area contributed by atoms with Crippen LogP contribution in [0.15, 0.2) is 76.9 Å². The van der Waals surface area contributed by atoms with E-state index in [2.05, 4.69) is 10.5 Å². The van der Waals surface area contributed by atoms with Crippen LogP contribution in [0.3, 0.4) is 0 Å². The lowest BCUT2D eigenvalue weighted by molar-refractivity contribution is -0.146. The molecule has 0 aliphatic heterocycles. The fraction of sp³-hybridized carbons (Fsp3) is 0.364. The van der Waals surface area contributed by atoms with Crippen LogP contribution in [0.2, 0.25) is 0 Å². The fourth-order valence-corrected chi connectivity index (χ4v) is 4.42. The topological polar surface area (TPSA) is 90.7 Å². The molecule has 1 N–H and O–H groups in total. The molecule has 1 aromatic heterocycles. The van der Waals surface area contributed by atoms with Gasteiger partial charge in [0.25, 0.3) is 0 Å². The largest absolute Gasteiger partial charge is 0.465 e. The van der Waals surface area contributed by atoms with Crippen LogP contribution in [-0.4, -0.2) is 30.4 Å². The number of allylic oxidation sites excluding steroid dienone is 2. The van der Waals surface area contributed by atoms with E-state index >= 15 is 0 Å². The van der Waals surface area contributed by atoms with Gasteiger partial charge in [0.2, 0.25) is 0 Å². The predicted octanol–water partition coefficient (Wildman–Crippen LogP) is 7.69. The second-order valence-corrected chi connectivity index (χ2v) is 9.33. The molecule has 1 aliphatic rings. The molecule has 212 valence electrons. The van der Waals surface area contributed by atoms with Crippen LogP contribution in [0.25, 0.3) is 22.5 Å². The van der Waals surface area contributed by atoms with Gasteiger partial charge in [0.1, 0.15) is 6.61 Å². The van der Waals surface area contributed by atoms with Crippen LogP contribution in [-0.2, 0) is 26.3 Å². The fourth-order valence-electron chi connectivity index (χ4n) is 4.42. The van der Waals surface area contributed by atoms with Gasteiger partial charge >= 0.3 is 12.1 Å². The Balaban J connectivity index is 0.00000216. The smallest absolute Gasteiger partial charge is 0.407 e. The number of aromatic nitrogens is 1. The molecule has 3 aromatic rings. The molecular weight excluding hydrogens is 504 g/mol. The molecule has 40 heavy (non-hydrogen) atoms. The Bertz CT molecular complexity index is 1330. The third-order valence-electron chi connectivity index (χ3n) is 6.85. The minimum Gasteiger partial charge on any atom is -0.465 e. The summed E-state index contributed by atoms with van der Waals surface area (Å²) < 4.78 is 16.3. The van der Waals surface area contributed by atoms with Crippen molar-refractivity contribution in [1.29, 1.82) is 0 Å². The summed E-state index contributed by atoms with van der Waals surface area (Å²) in [5, 5.41) is 6.84. The van der Waals surface area contributed by atoms with Crippen molar-refractivity contribution in [1.82, 2.24) is 10.5 Å². The summed E-state index contributed by atoms with van der Waals surface area (Å²) >= 11 is 0. The van der Waals surface area contributed by atoms with Crippen molar-refractivity contribution in [2.24, 2.45) is 0 Å². The van der Waals surface area contributed by atoms with Gasteiger partial charge in [-0.05, 0) is 62.8 Å². The summed E-state index contributed by atoms with van der Waals surface area (Å²) in [7, 11) is 0. The number of ether oxygens (including phenoxy) is 2. The highest BCUT2D eigenvalue weighted by Crippen LogP contribution is 2.49. The predicted molar refractivity (Wildman–Crippen MR) is 158 cm³/mol. The Morgan fingerprint density at radius 3 is 2.12 bits per heavy atom. The molecule has 7 heteroatoms. The van der Waals surface area contributed by atoms with E-state index in [0.717, 1.165) is 46.2 Å². The zero-order chi connectivity index (χ0) is 29.1. The van der Waals surface area contributed by atoms with Crippen molar-refractivity contribution in [2.45, 2.75) is 66.4 Å². The van der Waals surface area contributed by atoms with Gasteiger partial charge in [0.05, 0.1) is 23.3 Å². The van der Waals surface area contributed by atoms with Crippen LogP contribution < -0.4 is 5.32 Å². The standard InChI is InChI=1S/C31H34N2O5.C2H6/c1-5-8-22(6-2)19-32-30(35)37-20-27-21(4)33-38-28(27)25-11-9-23(10-12-25)24-13-15-26(16-14-24)31(17-18-31)29(34)36-7-3;1-2/h5-6,8-16H,7,17-20H2,1-4H3,(H,32,35);1-2H3/b8-5-,22-6+;. The number of amides is 1. The lowest BCUT2D eigenvalue weighted by atomic mass is 9.93. The number of nitrogens with zero attached hydrogens (tertiary/aromatic N) is 1. The van der Waals surface area contributed by atoms with E-state index in [9.17, 15) is 9.59 Å². The first-order valence-electron chi connectivity index (χ1n) is 13.9. The van der Waals surface area contributed by atoms with Gasteiger partial charge in [-0.1, -0.05) is 85.8 Å². The molecule has 0 radical (unpaired) electrons. The monoisotopic (exact) mass is 544 g/mol. The second kappa shape index (κ2) is 14.3. The summed E-state index contributed by atoms with van der Waals surface area (Å²) in [6.45, 7) is 12.3. The number of carbonyl (C=O) groups is 2. The van der Waals surface area contributed by atoms with Gasteiger partial charge in [0, 0.05) is 12.1 Å². The Kier molecular flexibility index (Phi) is 10.9. The number of benzene rings is 2. The molecular formula is C33H40N2O5.